The molecule has 4 saturated heterocycles. The number of hydrogen-bond donors (Lipinski definition) is 3. The van der Waals surface area contributed by atoms with Crippen LogP contribution in [0.4, 0.5) is 33.7 Å². The van der Waals surface area contributed by atoms with Crippen LogP contribution in [0, 0.1) is 23.3 Å². The summed E-state index contributed by atoms with van der Waals surface area (Å²) in [5.74, 6) is -4.04. The van der Waals surface area contributed by atoms with Gasteiger partial charge in [0.05, 0.1) is 23.2 Å². The zero-order valence-electron chi connectivity index (χ0n) is 52.6. The van der Waals surface area contributed by atoms with Gasteiger partial charge in [0.1, 0.15) is 28.9 Å². The normalized spacial score (nSPS) is 16.9. The second kappa shape index (κ2) is 32.8. The van der Waals surface area contributed by atoms with Crippen LogP contribution in [0.2, 0.25) is 0 Å². The number of rotatable bonds is 22. The van der Waals surface area contributed by atoms with Crippen molar-refractivity contribution in [3.05, 3.63) is 202 Å². The SMILES string of the molecule is CC(C)(C)OC(=O)N1CCN(CCN2CCN(c3ccc(F)cc3CC(=O)C(Cc3ccccc3)NC(=O)c3ccccc3F)CC2)CC1.O=C(NC(Cc1ccccc1)C(=O)Cc1cc(F)ccc1N1CCN(CCN2CCNCC2)CC1)c1ccccc1F. The minimum atomic E-state index is -0.937. The fraction of sp³-hybridized carbons (Fsp3) is 0.423. The second-order valence-electron chi connectivity index (χ2n) is 24.8. The van der Waals surface area contributed by atoms with Crippen LogP contribution >= 0.6 is 0 Å². The quantitative estimate of drug-likeness (QED) is 0.0565. The minimum absolute atomic E-state index is 0.0502. The molecule has 91 heavy (non-hydrogen) atoms. The van der Waals surface area contributed by atoms with Crippen LogP contribution in [-0.2, 0) is 40.0 Å². The highest BCUT2D eigenvalue weighted by Crippen LogP contribution is 2.27. The van der Waals surface area contributed by atoms with Crippen molar-refractivity contribution in [2.24, 2.45) is 0 Å². The molecule has 0 spiro atoms. The molecule has 16 nitrogen and oxygen atoms in total. The molecule has 3 N–H and O–H groups in total. The molecule has 4 heterocycles. The third-order valence-electron chi connectivity index (χ3n) is 17.1. The molecule has 0 bridgehead atoms. The summed E-state index contributed by atoms with van der Waals surface area (Å²) in [5, 5.41) is 8.89. The maximum atomic E-state index is 14.6. The molecule has 6 aromatic carbocycles. The predicted octanol–water partition coefficient (Wildman–Crippen LogP) is 7.94. The highest BCUT2D eigenvalue weighted by Gasteiger charge is 2.31. The average Bonchev–Trinajstić information content (AvgIpc) is 1.05. The van der Waals surface area contributed by atoms with Gasteiger partial charge in [-0.1, -0.05) is 84.9 Å². The molecule has 4 aliphatic rings. The molecular formula is C71H86F4N10O6. The molecule has 2 unspecified atom stereocenters. The second-order valence-corrected chi connectivity index (χ2v) is 24.8. The van der Waals surface area contributed by atoms with E-state index in [0.29, 0.717) is 24.2 Å². The topological polar surface area (TPSA) is 153 Å². The lowest BCUT2D eigenvalue weighted by Gasteiger charge is -2.39. The van der Waals surface area contributed by atoms with Gasteiger partial charge in [0, 0.05) is 155 Å². The molecule has 484 valence electrons. The van der Waals surface area contributed by atoms with Crippen LogP contribution in [0.25, 0.3) is 0 Å². The highest BCUT2D eigenvalue weighted by atomic mass is 19.1. The summed E-state index contributed by atoms with van der Waals surface area (Å²) < 4.78 is 63.3. The van der Waals surface area contributed by atoms with Gasteiger partial charge < -0.3 is 35.4 Å². The van der Waals surface area contributed by atoms with Crippen molar-refractivity contribution in [2.75, 3.05) is 141 Å². The number of halogens is 4. The summed E-state index contributed by atoms with van der Waals surface area (Å²) in [4.78, 5) is 81.9. The number of piperazine rings is 4. The third kappa shape index (κ3) is 20.2. The van der Waals surface area contributed by atoms with E-state index in [1.165, 1.54) is 60.7 Å². The van der Waals surface area contributed by atoms with Gasteiger partial charge in [-0.2, -0.15) is 0 Å². The largest absolute Gasteiger partial charge is 0.444 e. The van der Waals surface area contributed by atoms with E-state index in [-0.39, 0.29) is 54.5 Å². The molecule has 4 fully saturated rings. The molecule has 0 saturated carbocycles. The van der Waals surface area contributed by atoms with E-state index in [1.54, 1.807) is 29.2 Å². The van der Waals surface area contributed by atoms with Gasteiger partial charge >= 0.3 is 6.09 Å². The molecule has 4 aliphatic heterocycles. The lowest BCUT2D eigenvalue weighted by atomic mass is 9.96. The van der Waals surface area contributed by atoms with E-state index >= 15 is 0 Å². The number of anilines is 2. The standard InChI is InChI=1S/C38H47F2N5O4.C33H39F2N5O2/c1-38(2,3)49-37(48)45-23-19-43(20-24-45)16-15-42-17-21-44(22-18-42)34-14-13-30(39)26-29(34)27-35(46)33(25-28-9-5-4-6-10-28)41-36(47)31-11-7-8-12-32(31)40;34-27-10-11-31(40-20-18-39(19-21-40)17-16-38-14-12-36-13-15-38)26(23-27)24-32(41)30(22-25-6-2-1-3-7-25)37-33(42)28-8-4-5-9-29(28)35/h4-14,26,33H,15-25,27H2,1-3H3,(H,41,47);1-11,23,30,36H,12-22,24H2,(H,37,42). The summed E-state index contributed by atoms with van der Waals surface area (Å²) >= 11 is 0. The van der Waals surface area contributed by atoms with Crippen LogP contribution < -0.4 is 25.8 Å². The monoisotopic (exact) mass is 1250 g/mol. The number of nitrogens with one attached hydrogen (secondary N) is 3. The molecule has 6 aromatic rings. The van der Waals surface area contributed by atoms with E-state index in [1.807, 2.05) is 81.4 Å². The van der Waals surface area contributed by atoms with E-state index in [2.05, 4.69) is 45.3 Å². The molecule has 10 rings (SSSR count). The van der Waals surface area contributed by atoms with Gasteiger partial charge in [-0.05, 0) is 117 Å². The number of ether oxygens (including phenoxy) is 1. The Balaban J connectivity index is 0.000000218. The average molecular weight is 1250 g/mol. The zero-order chi connectivity index (χ0) is 64.3. The number of hydrogen-bond acceptors (Lipinski definition) is 13. The number of nitrogens with zero attached hydrogens (tertiary/aromatic N) is 7. The first-order valence-corrected chi connectivity index (χ1v) is 31.8. The van der Waals surface area contributed by atoms with Gasteiger partial charge in [-0.15, -0.1) is 0 Å². The zero-order valence-corrected chi connectivity index (χ0v) is 52.6. The van der Waals surface area contributed by atoms with Gasteiger partial charge in [-0.25, -0.2) is 22.4 Å². The Bertz CT molecular complexity index is 3370. The van der Waals surface area contributed by atoms with Crippen LogP contribution in [0.1, 0.15) is 63.7 Å². The van der Waals surface area contributed by atoms with Crippen molar-refractivity contribution in [3.63, 3.8) is 0 Å². The van der Waals surface area contributed by atoms with Crippen LogP contribution in [0.5, 0.6) is 0 Å². The fourth-order valence-corrected chi connectivity index (χ4v) is 12.0. The van der Waals surface area contributed by atoms with E-state index in [9.17, 15) is 41.5 Å². The Hall–Kier alpha value is -8.01. The number of carbonyl (C=O) groups excluding carboxylic acids is 5. The van der Waals surface area contributed by atoms with Crippen LogP contribution in [0.3, 0.4) is 0 Å². The lowest BCUT2D eigenvalue weighted by Crippen LogP contribution is -2.53. The summed E-state index contributed by atoms with van der Waals surface area (Å²) in [6.45, 7) is 23.1. The number of amides is 3. The number of ketones is 2. The first-order valence-electron chi connectivity index (χ1n) is 31.8. The first-order chi connectivity index (χ1) is 43.9. The van der Waals surface area contributed by atoms with Gasteiger partial charge in [0.15, 0.2) is 11.6 Å². The van der Waals surface area contributed by atoms with E-state index < -0.39 is 52.8 Å². The molecule has 0 aromatic heterocycles. The summed E-state index contributed by atoms with van der Waals surface area (Å²) in [7, 11) is 0. The van der Waals surface area contributed by atoms with Crippen molar-refractivity contribution < 1.29 is 46.3 Å². The Morgan fingerprint density at radius 2 is 0.824 bits per heavy atom. The fourth-order valence-electron chi connectivity index (χ4n) is 12.0. The Morgan fingerprint density at radius 1 is 0.462 bits per heavy atom. The molecule has 3 amide bonds. The first kappa shape index (κ1) is 67.4. The maximum absolute atomic E-state index is 14.6. The summed E-state index contributed by atoms with van der Waals surface area (Å²) in [6.07, 6.45) is 0.0718. The Labute approximate surface area is 532 Å². The lowest BCUT2D eigenvalue weighted by molar-refractivity contribution is -0.121. The smallest absolute Gasteiger partial charge is 0.410 e. The summed E-state index contributed by atoms with van der Waals surface area (Å²) in [6, 6.07) is 37.3. The van der Waals surface area contributed by atoms with Gasteiger partial charge in [0.2, 0.25) is 0 Å². The minimum Gasteiger partial charge on any atom is -0.444 e. The van der Waals surface area contributed by atoms with Crippen LogP contribution in [0.15, 0.2) is 146 Å². The van der Waals surface area contributed by atoms with Crippen LogP contribution in [-0.4, -0.2) is 203 Å². The predicted molar refractivity (Wildman–Crippen MR) is 347 cm³/mol. The molecular weight excluding hydrogens is 1160 g/mol. The number of Topliss-reactive ketones (excluding diaryl/α,β-unsaturated/α-hetero) is 2. The highest BCUT2D eigenvalue weighted by molar-refractivity contribution is 6.00. The molecule has 0 aliphatic carbocycles. The van der Waals surface area contributed by atoms with E-state index in [0.717, 1.165) is 140 Å². The molecule has 0 radical (unpaired) electrons. The van der Waals surface area contributed by atoms with E-state index in [4.69, 9.17) is 4.74 Å². The van der Waals surface area contributed by atoms with Crippen molar-refractivity contribution in [1.29, 1.82) is 0 Å². The Morgan fingerprint density at radius 3 is 1.21 bits per heavy atom. The maximum Gasteiger partial charge on any atom is 0.410 e. The van der Waals surface area contributed by atoms with Gasteiger partial charge in [0.25, 0.3) is 11.8 Å². The number of carbonyl (C=O) groups is 5. The molecule has 20 heteroatoms. The summed E-state index contributed by atoms with van der Waals surface area (Å²) in [5.41, 5.74) is 3.72. The molecule has 2 atom stereocenters. The Kier molecular flexibility index (Phi) is 24.3. The third-order valence-corrected chi connectivity index (χ3v) is 17.1. The van der Waals surface area contributed by atoms with Crippen molar-refractivity contribution in [2.45, 2.75) is 64.1 Å². The van der Waals surface area contributed by atoms with Gasteiger partial charge in [-0.3, -0.25) is 38.8 Å². The number of benzene rings is 6. The van der Waals surface area contributed by atoms with Crippen molar-refractivity contribution in [3.8, 4) is 0 Å². The van der Waals surface area contributed by atoms with Crippen molar-refractivity contribution in [1.82, 2.24) is 40.4 Å². The van der Waals surface area contributed by atoms with Crippen molar-refractivity contribution >= 4 is 40.8 Å².